The van der Waals surface area contributed by atoms with E-state index in [-0.39, 0.29) is 18.1 Å². The van der Waals surface area contributed by atoms with Gasteiger partial charge in [0.25, 0.3) is 0 Å². The third-order valence-corrected chi connectivity index (χ3v) is 6.64. The predicted molar refractivity (Wildman–Crippen MR) is 145 cm³/mol. The summed E-state index contributed by atoms with van der Waals surface area (Å²) in [7, 11) is -2.30. The number of anilines is 1. The first-order valence-electron chi connectivity index (χ1n) is 12.2. The molecule has 2 amide bonds. The lowest BCUT2D eigenvalue weighted by Crippen LogP contribution is -2.55. The molecule has 2 aromatic carbocycles. The fraction of sp³-hybridized carbons (Fsp3) is 0.481. The molecule has 37 heavy (non-hydrogen) atoms. The normalized spacial score (nSPS) is 12.4. The van der Waals surface area contributed by atoms with Crippen molar-refractivity contribution in [2.24, 2.45) is 0 Å². The van der Waals surface area contributed by atoms with Crippen molar-refractivity contribution >= 4 is 27.5 Å². The van der Waals surface area contributed by atoms with Gasteiger partial charge in [-0.3, -0.25) is 13.9 Å². The number of hydrogen-bond donors (Lipinski definition) is 1. The number of carbonyl (C=O) groups excluding carboxylic acids is 2. The Labute approximate surface area is 220 Å². The Morgan fingerprint density at radius 1 is 1.03 bits per heavy atom. The quantitative estimate of drug-likeness (QED) is 0.447. The number of sulfonamides is 1. The molecule has 2 rings (SSSR count). The van der Waals surface area contributed by atoms with Crippen molar-refractivity contribution in [3.8, 4) is 11.5 Å². The van der Waals surface area contributed by atoms with Crippen LogP contribution in [0.4, 0.5) is 5.69 Å². The first-order chi connectivity index (χ1) is 17.3. The fourth-order valence-corrected chi connectivity index (χ4v) is 4.69. The zero-order valence-electron chi connectivity index (χ0n) is 22.8. The number of nitrogens with zero attached hydrogens (tertiary/aromatic N) is 2. The topological polar surface area (TPSA) is 105 Å². The van der Waals surface area contributed by atoms with Gasteiger partial charge in [0.2, 0.25) is 21.8 Å². The Hall–Kier alpha value is -3.27. The van der Waals surface area contributed by atoms with Crippen LogP contribution >= 0.6 is 0 Å². The number of nitrogens with one attached hydrogen (secondary N) is 1. The number of benzene rings is 2. The van der Waals surface area contributed by atoms with Crippen LogP contribution in [0.2, 0.25) is 0 Å². The number of hydrogen-bond acceptors (Lipinski definition) is 6. The average molecular weight is 534 g/mol. The van der Waals surface area contributed by atoms with Gasteiger partial charge in [0, 0.05) is 12.1 Å². The van der Waals surface area contributed by atoms with Crippen LogP contribution in [0.25, 0.3) is 0 Å². The maximum absolute atomic E-state index is 13.8. The van der Waals surface area contributed by atoms with Crippen LogP contribution in [0.3, 0.4) is 0 Å². The summed E-state index contributed by atoms with van der Waals surface area (Å²) in [5.41, 5.74) is 0.530. The summed E-state index contributed by atoms with van der Waals surface area (Å²) in [5, 5.41) is 2.95. The number of methoxy groups -OCH3 is 1. The maximum atomic E-state index is 13.8. The Kier molecular flexibility index (Phi) is 10.4. The molecule has 0 heterocycles. The van der Waals surface area contributed by atoms with Crippen LogP contribution in [-0.4, -0.2) is 63.2 Å². The van der Waals surface area contributed by atoms with E-state index in [9.17, 15) is 18.0 Å². The van der Waals surface area contributed by atoms with Crippen LogP contribution in [0, 0.1) is 0 Å². The van der Waals surface area contributed by atoms with E-state index in [0.717, 1.165) is 16.1 Å². The predicted octanol–water partition coefficient (Wildman–Crippen LogP) is 3.58. The molecule has 9 nitrogen and oxygen atoms in total. The number of carbonyl (C=O) groups is 2. The molecule has 0 saturated carbocycles. The van der Waals surface area contributed by atoms with Gasteiger partial charge in [-0.05, 0) is 63.9 Å². The molecule has 0 unspecified atom stereocenters. The van der Waals surface area contributed by atoms with Crippen molar-refractivity contribution in [1.29, 1.82) is 0 Å². The zero-order valence-corrected chi connectivity index (χ0v) is 23.6. The molecule has 0 aromatic heterocycles. The van der Waals surface area contributed by atoms with E-state index in [2.05, 4.69) is 5.32 Å². The van der Waals surface area contributed by atoms with E-state index in [1.54, 1.807) is 50.4 Å². The van der Waals surface area contributed by atoms with Crippen molar-refractivity contribution < 1.29 is 27.5 Å². The highest BCUT2D eigenvalue weighted by molar-refractivity contribution is 7.92. The molecule has 0 saturated heterocycles. The molecule has 10 heteroatoms. The van der Waals surface area contributed by atoms with Crippen LogP contribution in [0.5, 0.6) is 11.5 Å². The SMILES string of the molecule is CCOc1ccccc1N(CC(=O)N(Cc1ccc(OC)cc1)[C@@H](CC)C(=O)NC(C)(C)C)S(C)(=O)=O. The van der Waals surface area contributed by atoms with Crippen LogP contribution in [0.1, 0.15) is 46.6 Å². The minimum Gasteiger partial charge on any atom is -0.497 e. The standard InChI is InChI=1S/C27H39N3O6S/c1-8-22(26(32)28-27(3,4)5)29(18-20-14-16-21(35-6)17-15-20)25(31)19-30(37(7,33)34)23-12-10-11-13-24(23)36-9-2/h10-17,22H,8-9,18-19H2,1-7H3,(H,28,32)/t22-/m0/s1. The van der Waals surface area contributed by atoms with Gasteiger partial charge in [0.1, 0.15) is 24.1 Å². The number of rotatable bonds is 12. The second-order valence-corrected chi connectivity index (χ2v) is 11.6. The third-order valence-electron chi connectivity index (χ3n) is 5.51. The highest BCUT2D eigenvalue weighted by atomic mass is 32.2. The highest BCUT2D eigenvalue weighted by Gasteiger charge is 2.33. The number of ether oxygens (including phenoxy) is 2. The van der Waals surface area contributed by atoms with Gasteiger partial charge in [-0.2, -0.15) is 0 Å². The second-order valence-electron chi connectivity index (χ2n) is 9.70. The second kappa shape index (κ2) is 12.8. The Morgan fingerprint density at radius 3 is 2.16 bits per heavy atom. The van der Waals surface area contributed by atoms with Crippen LogP contribution in [-0.2, 0) is 26.2 Å². The van der Waals surface area contributed by atoms with E-state index in [1.165, 1.54) is 4.90 Å². The average Bonchev–Trinajstić information content (AvgIpc) is 2.81. The maximum Gasteiger partial charge on any atom is 0.244 e. The first-order valence-corrected chi connectivity index (χ1v) is 14.1. The van der Waals surface area contributed by atoms with Crippen molar-refractivity contribution in [1.82, 2.24) is 10.2 Å². The van der Waals surface area contributed by atoms with Crippen molar-refractivity contribution in [2.75, 3.05) is 30.8 Å². The van der Waals surface area contributed by atoms with Crippen LogP contribution in [0.15, 0.2) is 48.5 Å². The summed E-state index contributed by atoms with van der Waals surface area (Å²) in [4.78, 5) is 28.5. The van der Waals surface area contributed by atoms with Gasteiger partial charge in [-0.15, -0.1) is 0 Å². The number of para-hydroxylation sites is 2. The highest BCUT2D eigenvalue weighted by Crippen LogP contribution is 2.30. The molecule has 1 N–H and O–H groups in total. The lowest BCUT2D eigenvalue weighted by Gasteiger charge is -2.34. The molecular formula is C27H39N3O6S. The summed E-state index contributed by atoms with van der Waals surface area (Å²) >= 11 is 0. The molecule has 2 aromatic rings. The van der Waals surface area contributed by atoms with E-state index in [1.807, 2.05) is 39.8 Å². The fourth-order valence-electron chi connectivity index (χ4n) is 3.84. The monoisotopic (exact) mass is 533 g/mol. The van der Waals surface area contributed by atoms with Gasteiger partial charge in [-0.1, -0.05) is 31.2 Å². The summed E-state index contributed by atoms with van der Waals surface area (Å²) in [5.74, 6) is 0.193. The molecule has 0 bridgehead atoms. The van der Waals surface area contributed by atoms with Crippen molar-refractivity contribution in [2.45, 2.75) is 59.2 Å². The number of amides is 2. The first kappa shape index (κ1) is 30.0. The minimum absolute atomic E-state index is 0.115. The van der Waals surface area contributed by atoms with Crippen molar-refractivity contribution in [3.63, 3.8) is 0 Å². The van der Waals surface area contributed by atoms with E-state index >= 15 is 0 Å². The smallest absolute Gasteiger partial charge is 0.244 e. The Bertz CT molecular complexity index is 1160. The van der Waals surface area contributed by atoms with Gasteiger partial charge < -0.3 is 19.7 Å². The molecule has 0 fully saturated rings. The van der Waals surface area contributed by atoms with E-state index in [4.69, 9.17) is 9.47 Å². The molecule has 0 spiro atoms. The van der Waals surface area contributed by atoms with E-state index < -0.39 is 34.1 Å². The molecule has 204 valence electrons. The Balaban J connectivity index is 2.50. The molecule has 0 aliphatic rings. The van der Waals surface area contributed by atoms with E-state index in [0.29, 0.717) is 24.5 Å². The summed E-state index contributed by atoms with van der Waals surface area (Å²) in [6.45, 7) is 9.16. The summed E-state index contributed by atoms with van der Waals surface area (Å²) in [6.07, 6.45) is 1.39. The Morgan fingerprint density at radius 2 is 1.65 bits per heavy atom. The minimum atomic E-state index is -3.86. The third kappa shape index (κ3) is 8.66. The lowest BCUT2D eigenvalue weighted by atomic mass is 10.1. The van der Waals surface area contributed by atoms with Crippen LogP contribution < -0.4 is 19.1 Å². The molecule has 0 radical (unpaired) electrons. The molecule has 0 aliphatic heterocycles. The van der Waals surface area contributed by atoms with Crippen molar-refractivity contribution in [3.05, 3.63) is 54.1 Å². The largest absolute Gasteiger partial charge is 0.497 e. The van der Waals surface area contributed by atoms with Gasteiger partial charge >= 0.3 is 0 Å². The summed E-state index contributed by atoms with van der Waals surface area (Å²) < 4.78 is 37.6. The van der Waals surface area contributed by atoms with Gasteiger partial charge in [0.15, 0.2) is 0 Å². The molecule has 0 aliphatic carbocycles. The molecule has 1 atom stereocenters. The lowest BCUT2D eigenvalue weighted by molar-refractivity contribution is -0.141. The summed E-state index contributed by atoms with van der Waals surface area (Å²) in [6, 6.07) is 13.0. The van der Waals surface area contributed by atoms with Gasteiger partial charge in [-0.25, -0.2) is 8.42 Å². The molecular weight excluding hydrogens is 494 g/mol. The zero-order chi connectivity index (χ0) is 27.8. The van der Waals surface area contributed by atoms with Gasteiger partial charge in [0.05, 0.1) is 25.7 Å².